The Bertz CT molecular complexity index is 96.5. The fraction of sp³-hybridized carbons (Fsp3) is 1.00. The van der Waals surface area contributed by atoms with E-state index in [1.807, 2.05) is 0 Å². The molecule has 0 fully saturated rings. The van der Waals surface area contributed by atoms with E-state index in [1.54, 1.807) is 7.11 Å². The Balaban J connectivity index is 3.39. The van der Waals surface area contributed by atoms with Crippen molar-refractivity contribution in [1.82, 2.24) is 5.43 Å². The third kappa shape index (κ3) is 6.58. The van der Waals surface area contributed by atoms with Gasteiger partial charge in [0.25, 0.3) is 0 Å². The summed E-state index contributed by atoms with van der Waals surface area (Å²) in [7, 11) is 1.73. The van der Waals surface area contributed by atoms with Crippen LogP contribution in [0.25, 0.3) is 0 Å². The van der Waals surface area contributed by atoms with E-state index in [9.17, 15) is 0 Å². The van der Waals surface area contributed by atoms with Gasteiger partial charge in [-0.2, -0.15) is 0 Å². The summed E-state index contributed by atoms with van der Waals surface area (Å²) in [4.78, 5) is 0. The number of nitrogens with two attached hydrogens (primary N) is 1. The van der Waals surface area contributed by atoms with Gasteiger partial charge < -0.3 is 4.74 Å². The summed E-state index contributed by atoms with van der Waals surface area (Å²) in [5, 5.41) is 0. The number of ether oxygens (including phenoxy) is 1. The Kier molecular flexibility index (Phi) is 7.45. The van der Waals surface area contributed by atoms with E-state index in [1.165, 1.54) is 0 Å². The lowest BCUT2D eigenvalue weighted by Gasteiger charge is -2.17. The van der Waals surface area contributed by atoms with E-state index in [0.29, 0.717) is 12.0 Å². The Morgan fingerprint density at radius 2 is 2.08 bits per heavy atom. The molecule has 0 bridgehead atoms. The zero-order chi connectivity index (χ0) is 9.40. The van der Waals surface area contributed by atoms with Crippen LogP contribution in [0.4, 0.5) is 0 Å². The smallest absolute Gasteiger partial charge is 0.0462 e. The Morgan fingerprint density at radius 3 is 2.50 bits per heavy atom. The van der Waals surface area contributed by atoms with Crippen molar-refractivity contribution in [1.29, 1.82) is 0 Å². The van der Waals surface area contributed by atoms with Gasteiger partial charge in [-0.15, -0.1) is 0 Å². The summed E-state index contributed by atoms with van der Waals surface area (Å²) in [5.41, 5.74) is 2.84. The lowest BCUT2D eigenvalue weighted by atomic mass is 10.0. The molecule has 0 rings (SSSR count). The average molecular weight is 174 g/mol. The summed E-state index contributed by atoms with van der Waals surface area (Å²) in [5.74, 6) is 6.11. The molecule has 0 aromatic rings. The van der Waals surface area contributed by atoms with Crippen molar-refractivity contribution in [3.8, 4) is 0 Å². The molecule has 3 nitrogen and oxygen atoms in total. The van der Waals surface area contributed by atoms with E-state index >= 15 is 0 Å². The van der Waals surface area contributed by atoms with E-state index in [0.717, 1.165) is 25.9 Å². The summed E-state index contributed by atoms with van der Waals surface area (Å²) in [6, 6.07) is 0.445. The van der Waals surface area contributed by atoms with Gasteiger partial charge in [-0.25, -0.2) is 0 Å². The van der Waals surface area contributed by atoms with Gasteiger partial charge in [-0.3, -0.25) is 11.3 Å². The fourth-order valence-corrected chi connectivity index (χ4v) is 1.31. The molecule has 0 heterocycles. The molecule has 0 amide bonds. The second-order valence-corrected chi connectivity index (χ2v) is 3.63. The molecule has 1 atom stereocenters. The zero-order valence-electron chi connectivity index (χ0n) is 8.47. The first-order chi connectivity index (χ1) is 5.70. The second-order valence-electron chi connectivity index (χ2n) is 3.63. The van der Waals surface area contributed by atoms with Crippen molar-refractivity contribution in [3.63, 3.8) is 0 Å². The second kappa shape index (κ2) is 7.53. The molecule has 0 radical (unpaired) electrons. The van der Waals surface area contributed by atoms with Crippen molar-refractivity contribution in [2.24, 2.45) is 11.8 Å². The van der Waals surface area contributed by atoms with Gasteiger partial charge in [0.05, 0.1) is 0 Å². The first-order valence-electron chi connectivity index (χ1n) is 4.65. The van der Waals surface area contributed by atoms with Crippen LogP contribution in [0.1, 0.15) is 33.1 Å². The Labute approximate surface area is 75.6 Å². The molecule has 3 N–H and O–H groups in total. The maximum Gasteiger partial charge on any atom is 0.0462 e. The van der Waals surface area contributed by atoms with Crippen molar-refractivity contribution >= 4 is 0 Å². The molecule has 12 heavy (non-hydrogen) atoms. The predicted molar refractivity (Wildman–Crippen MR) is 51.7 cm³/mol. The first-order valence-corrected chi connectivity index (χ1v) is 4.65. The molecule has 0 aromatic carbocycles. The maximum atomic E-state index is 5.41. The molecule has 0 saturated carbocycles. The van der Waals surface area contributed by atoms with Gasteiger partial charge in [0.2, 0.25) is 0 Å². The first kappa shape index (κ1) is 11.9. The van der Waals surface area contributed by atoms with Crippen LogP contribution in [0.3, 0.4) is 0 Å². The number of rotatable bonds is 7. The topological polar surface area (TPSA) is 47.3 Å². The minimum Gasteiger partial charge on any atom is -0.385 e. The summed E-state index contributed by atoms with van der Waals surface area (Å²) in [6.45, 7) is 5.25. The quantitative estimate of drug-likeness (QED) is 0.347. The predicted octanol–water partition coefficient (Wildman–Crippen LogP) is 1.29. The monoisotopic (exact) mass is 174 g/mol. The Morgan fingerprint density at radius 1 is 1.42 bits per heavy atom. The number of nitrogens with one attached hydrogen (secondary N) is 1. The van der Waals surface area contributed by atoms with E-state index in [4.69, 9.17) is 10.6 Å². The van der Waals surface area contributed by atoms with Crippen molar-refractivity contribution in [3.05, 3.63) is 0 Å². The van der Waals surface area contributed by atoms with Gasteiger partial charge in [0.15, 0.2) is 0 Å². The molecule has 0 aliphatic heterocycles. The third-order valence-corrected chi connectivity index (χ3v) is 1.89. The molecule has 0 spiro atoms. The number of hydrazine groups is 1. The summed E-state index contributed by atoms with van der Waals surface area (Å²) < 4.78 is 4.97. The highest BCUT2D eigenvalue weighted by Gasteiger charge is 2.07. The van der Waals surface area contributed by atoms with Gasteiger partial charge >= 0.3 is 0 Å². The third-order valence-electron chi connectivity index (χ3n) is 1.89. The lowest BCUT2D eigenvalue weighted by molar-refractivity contribution is 0.187. The SMILES string of the molecule is COCCCC(CC(C)C)NN. The largest absolute Gasteiger partial charge is 0.385 e. The summed E-state index contributed by atoms with van der Waals surface area (Å²) in [6.07, 6.45) is 3.32. The summed E-state index contributed by atoms with van der Waals surface area (Å²) >= 11 is 0. The average Bonchev–Trinajstić information content (AvgIpc) is 2.02. The zero-order valence-corrected chi connectivity index (χ0v) is 8.47. The standard InChI is InChI=1S/C9H22N2O/c1-8(2)7-9(11-10)5-4-6-12-3/h8-9,11H,4-7,10H2,1-3H3. The highest BCUT2D eigenvalue weighted by atomic mass is 16.5. The number of hydrogen-bond acceptors (Lipinski definition) is 3. The molecule has 0 aliphatic carbocycles. The molecule has 0 aliphatic rings. The van der Waals surface area contributed by atoms with E-state index in [2.05, 4.69) is 19.3 Å². The molecular formula is C9H22N2O. The number of hydrogen-bond donors (Lipinski definition) is 2. The highest BCUT2D eigenvalue weighted by molar-refractivity contribution is 4.65. The molecule has 0 saturated heterocycles. The maximum absolute atomic E-state index is 5.41. The van der Waals surface area contributed by atoms with Crippen LogP contribution in [0.5, 0.6) is 0 Å². The molecular weight excluding hydrogens is 152 g/mol. The van der Waals surface area contributed by atoms with Crippen molar-refractivity contribution < 1.29 is 4.74 Å². The minimum absolute atomic E-state index is 0.445. The molecule has 74 valence electrons. The van der Waals surface area contributed by atoms with Crippen LogP contribution >= 0.6 is 0 Å². The van der Waals surface area contributed by atoms with Crippen molar-refractivity contribution in [2.45, 2.75) is 39.2 Å². The van der Waals surface area contributed by atoms with Gasteiger partial charge in [0.1, 0.15) is 0 Å². The number of methoxy groups -OCH3 is 1. The van der Waals surface area contributed by atoms with E-state index < -0.39 is 0 Å². The van der Waals surface area contributed by atoms with Gasteiger partial charge in [-0.1, -0.05) is 13.8 Å². The van der Waals surface area contributed by atoms with Crippen LogP contribution in [-0.4, -0.2) is 19.8 Å². The van der Waals surface area contributed by atoms with E-state index in [-0.39, 0.29) is 0 Å². The molecule has 3 heteroatoms. The van der Waals surface area contributed by atoms with Crippen LogP contribution < -0.4 is 11.3 Å². The van der Waals surface area contributed by atoms with Crippen molar-refractivity contribution in [2.75, 3.05) is 13.7 Å². The lowest BCUT2D eigenvalue weighted by Crippen LogP contribution is -2.36. The normalized spacial score (nSPS) is 13.8. The fourth-order valence-electron chi connectivity index (χ4n) is 1.31. The van der Waals surface area contributed by atoms with Crippen LogP contribution in [-0.2, 0) is 4.74 Å². The van der Waals surface area contributed by atoms with Gasteiger partial charge in [0, 0.05) is 19.8 Å². The minimum atomic E-state index is 0.445. The van der Waals surface area contributed by atoms with Crippen LogP contribution in [0, 0.1) is 5.92 Å². The van der Waals surface area contributed by atoms with Gasteiger partial charge in [-0.05, 0) is 25.2 Å². The Hall–Kier alpha value is -0.120. The highest BCUT2D eigenvalue weighted by Crippen LogP contribution is 2.08. The molecule has 0 aromatic heterocycles. The molecule has 1 unspecified atom stereocenters. The van der Waals surface area contributed by atoms with Crippen LogP contribution in [0.15, 0.2) is 0 Å². The van der Waals surface area contributed by atoms with Crippen LogP contribution in [0.2, 0.25) is 0 Å².